The number of methoxy groups -OCH3 is 1. The van der Waals surface area contributed by atoms with Crippen LogP contribution in [-0.4, -0.2) is 24.7 Å². The summed E-state index contributed by atoms with van der Waals surface area (Å²) in [5.41, 5.74) is 6.78. The van der Waals surface area contributed by atoms with Crippen molar-refractivity contribution in [2.45, 2.75) is 31.9 Å². The Morgan fingerprint density at radius 2 is 2.11 bits per heavy atom. The van der Waals surface area contributed by atoms with Gasteiger partial charge in [0, 0.05) is 11.3 Å². The van der Waals surface area contributed by atoms with Gasteiger partial charge >= 0.3 is 0 Å². The molecular formula is C14H21NO2S. The van der Waals surface area contributed by atoms with Crippen molar-refractivity contribution >= 4 is 11.8 Å². The molecule has 1 aromatic rings. The van der Waals surface area contributed by atoms with Gasteiger partial charge in [0.25, 0.3) is 0 Å². The van der Waals surface area contributed by atoms with Crippen molar-refractivity contribution in [3.63, 3.8) is 0 Å². The van der Waals surface area contributed by atoms with E-state index in [1.165, 1.54) is 5.75 Å². The van der Waals surface area contributed by atoms with Crippen LogP contribution in [0.25, 0.3) is 0 Å². The lowest BCUT2D eigenvalue weighted by atomic mass is 9.95. The minimum absolute atomic E-state index is 0.306. The largest absolute Gasteiger partial charge is 0.493 e. The summed E-state index contributed by atoms with van der Waals surface area (Å²) in [6, 6.07) is 5.95. The monoisotopic (exact) mass is 267 g/mol. The van der Waals surface area contributed by atoms with Crippen molar-refractivity contribution in [3.05, 3.63) is 23.8 Å². The summed E-state index contributed by atoms with van der Waals surface area (Å²) in [6.45, 7) is 3.96. The first-order valence-electron chi connectivity index (χ1n) is 6.22. The van der Waals surface area contributed by atoms with Crippen LogP contribution in [0.3, 0.4) is 0 Å². The SMILES string of the molecule is COc1cc(C(C)(C)N)ccc1OC1CCSC1. The second-order valence-corrected chi connectivity index (χ2v) is 6.34. The molecule has 0 aliphatic carbocycles. The van der Waals surface area contributed by atoms with E-state index in [1.807, 2.05) is 43.8 Å². The maximum atomic E-state index is 6.09. The van der Waals surface area contributed by atoms with E-state index in [-0.39, 0.29) is 5.54 Å². The van der Waals surface area contributed by atoms with Gasteiger partial charge in [-0.05, 0) is 43.7 Å². The van der Waals surface area contributed by atoms with Crippen LogP contribution in [-0.2, 0) is 5.54 Å². The number of hydrogen-bond donors (Lipinski definition) is 1. The molecule has 1 fully saturated rings. The minimum atomic E-state index is -0.366. The fourth-order valence-corrected chi connectivity index (χ4v) is 3.04. The Morgan fingerprint density at radius 3 is 2.67 bits per heavy atom. The molecule has 4 heteroatoms. The first-order chi connectivity index (χ1) is 8.50. The van der Waals surface area contributed by atoms with Gasteiger partial charge in [-0.25, -0.2) is 0 Å². The fourth-order valence-electron chi connectivity index (χ4n) is 1.95. The predicted octanol–water partition coefficient (Wildman–Crippen LogP) is 2.77. The highest BCUT2D eigenvalue weighted by molar-refractivity contribution is 7.99. The standard InChI is InChI=1S/C14H21NO2S/c1-14(2,15)10-4-5-12(13(8-10)16-3)17-11-6-7-18-9-11/h4-5,8,11H,6-7,9,15H2,1-3H3. The third-order valence-electron chi connectivity index (χ3n) is 3.09. The lowest BCUT2D eigenvalue weighted by molar-refractivity contribution is 0.218. The van der Waals surface area contributed by atoms with E-state index in [4.69, 9.17) is 15.2 Å². The molecule has 0 amide bonds. The quantitative estimate of drug-likeness (QED) is 0.911. The molecule has 0 radical (unpaired) electrons. The van der Waals surface area contributed by atoms with E-state index >= 15 is 0 Å². The number of ether oxygens (including phenoxy) is 2. The lowest BCUT2D eigenvalue weighted by Crippen LogP contribution is -2.28. The van der Waals surface area contributed by atoms with E-state index in [1.54, 1.807) is 7.11 Å². The molecule has 1 aliphatic rings. The zero-order valence-corrected chi connectivity index (χ0v) is 12.0. The Kier molecular flexibility index (Phi) is 4.07. The molecule has 2 rings (SSSR count). The maximum absolute atomic E-state index is 6.09. The molecule has 2 N–H and O–H groups in total. The van der Waals surface area contributed by atoms with Gasteiger partial charge in [0.15, 0.2) is 11.5 Å². The Morgan fingerprint density at radius 1 is 1.33 bits per heavy atom. The molecule has 0 bridgehead atoms. The van der Waals surface area contributed by atoms with E-state index in [0.29, 0.717) is 6.10 Å². The average molecular weight is 267 g/mol. The highest BCUT2D eigenvalue weighted by Gasteiger charge is 2.21. The molecule has 1 unspecified atom stereocenters. The second-order valence-electron chi connectivity index (χ2n) is 5.19. The Labute approximate surface area is 113 Å². The highest BCUT2D eigenvalue weighted by Crippen LogP contribution is 2.33. The smallest absolute Gasteiger partial charge is 0.161 e. The molecule has 1 aliphatic heterocycles. The normalized spacial score (nSPS) is 19.9. The van der Waals surface area contributed by atoms with Crippen molar-refractivity contribution in [1.82, 2.24) is 0 Å². The molecule has 0 spiro atoms. The molecule has 100 valence electrons. The lowest BCUT2D eigenvalue weighted by Gasteiger charge is -2.22. The number of rotatable bonds is 4. The zero-order chi connectivity index (χ0) is 13.2. The first-order valence-corrected chi connectivity index (χ1v) is 7.38. The van der Waals surface area contributed by atoms with Gasteiger partial charge in [0.1, 0.15) is 6.10 Å². The molecule has 1 saturated heterocycles. The maximum Gasteiger partial charge on any atom is 0.161 e. The molecule has 18 heavy (non-hydrogen) atoms. The Bertz CT molecular complexity index is 409. The molecule has 1 atom stereocenters. The van der Waals surface area contributed by atoms with Gasteiger partial charge in [-0.3, -0.25) is 0 Å². The van der Waals surface area contributed by atoms with Crippen LogP contribution < -0.4 is 15.2 Å². The van der Waals surface area contributed by atoms with Gasteiger partial charge in [0.05, 0.1) is 7.11 Å². The third-order valence-corrected chi connectivity index (χ3v) is 4.22. The number of nitrogens with two attached hydrogens (primary N) is 1. The highest BCUT2D eigenvalue weighted by atomic mass is 32.2. The summed E-state index contributed by atoms with van der Waals surface area (Å²) >= 11 is 1.94. The molecule has 3 nitrogen and oxygen atoms in total. The molecular weight excluding hydrogens is 246 g/mol. The van der Waals surface area contributed by atoms with Crippen LogP contribution in [0.15, 0.2) is 18.2 Å². The van der Waals surface area contributed by atoms with Gasteiger partial charge in [-0.15, -0.1) is 0 Å². The summed E-state index contributed by atoms with van der Waals surface area (Å²) < 4.78 is 11.4. The zero-order valence-electron chi connectivity index (χ0n) is 11.2. The summed E-state index contributed by atoms with van der Waals surface area (Å²) in [5.74, 6) is 3.83. The Balaban J connectivity index is 2.20. The second kappa shape index (κ2) is 5.41. The number of thioether (sulfide) groups is 1. The van der Waals surface area contributed by atoms with Gasteiger partial charge in [0.2, 0.25) is 0 Å². The summed E-state index contributed by atoms with van der Waals surface area (Å²) in [6.07, 6.45) is 1.42. The topological polar surface area (TPSA) is 44.5 Å². The van der Waals surface area contributed by atoms with Crippen molar-refractivity contribution in [2.24, 2.45) is 5.73 Å². The van der Waals surface area contributed by atoms with Crippen molar-refractivity contribution in [2.75, 3.05) is 18.6 Å². The van der Waals surface area contributed by atoms with E-state index in [0.717, 1.165) is 29.2 Å². The van der Waals surface area contributed by atoms with Gasteiger partial charge < -0.3 is 15.2 Å². The van der Waals surface area contributed by atoms with Crippen LogP contribution in [0, 0.1) is 0 Å². The van der Waals surface area contributed by atoms with Crippen LogP contribution in [0.2, 0.25) is 0 Å². The molecule has 0 aromatic heterocycles. The third kappa shape index (κ3) is 3.12. The minimum Gasteiger partial charge on any atom is -0.493 e. The number of benzene rings is 1. The van der Waals surface area contributed by atoms with Crippen molar-refractivity contribution in [3.8, 4) is 11.5 Å². The average Bonchev–Trinajstić information content (AvgIpc) is 2.81. The number of hydrogen-bond acceptors (Lipinski definition) is 4. The summed E-state index contributed by atoms with van der Waals surface area (Å²) in [7, 11) is 1.67. The van der Waals surface area contributed by atoms with Crippen molar-refractivity contribution < 1.29 is 9.47 Å². The fraction of sp³-hybridized carbons (Fsp3) is 0.571. The van der Waals surface area contributed by atoms with Crippen LogP contribution in [0.4, 0.5) is 0 Å². The van der Waals surface area contributed by atoms with Crippen LogP contribution in [0.5, 0.6) is 11.5 Å². The molecule has 1 aromatic carbocycles. The molecule has 1 heterocycles. The van der Waals surface area contributed by atoms with Gasteiger partial charge in [-0.2, -0.15) is 11.8 Å². The summed E-state index contributed by atoms with van der Waals surface area (Å²) in [4.78, 5) is 0. The van der Waals surface area contributed by atoms with E-state index in [9.17, 15) is 0 Å². The van der Waals surface area contributed by atoms with E-state index < -0.39 is 0 Å². The first kappa shape index (κ1) is 13.6. The predicted molar refractivity (Wildman–Crippen MR) is 76.6 cm³/mol. The van der Waals surface area contributed by atoms with Crippen LogP contribution in [0.1, 0.15) is 25.8 Å². The van der Waals surface area contributed by atoms with Gasteiger partial charge in [-0.1, -0.05) is 6.07 Å². The Hall–Kier alpha value is -0.870. The molecule has 0 saturated carbocycles. The van der Waals surface area contributed by atoms with Crippen molar-refractivity contribution in [1.29, 1.82) is 0 Å². The van der Waals surface area contributed by atoms with Crippen LogP contribution >= 0.6 is 11.8 Å². The summed E-state index contributed by atoms with van der Waals surface area (Å²) in [5, 5.41) is 0. The van der Waals surface area contributed by atoms with E-state index in [2.05, 4.69) is 0 Å².